The van der Waals surface area contributed by atoms with Crippen molar-refractivity contribution >= 4 is 28.1 Å². The third-order valence-corrected chi connectivity index (χ3v) is 1.81. The maximum atomic E-state index is 11.1. The number of carbonyl (C=O) groups excluding carboxylic acids is 1. The largest absolute Gasteiger partial charge is 0.327 e. The highest BCUT2D eigenvalue weighted by Crippen LogP contribution is 2.03. The van der Waals surface area contributed by atoms with Gasteiger partial charge >= 0.3 is 11.1 Å². The van der Waals surface area contributed by atoms with E-state index in [1.807, 2.05) is 4.98 Å². The molecule has 0 unspecified atom stereocenters. The van der Waals surface area contributed by atoms with Gasteiger partial charge in [0.1, 0.15) is 6.33 Å². The van der Waals surface area contributed by atoms with Crippen molar-refractivity contribution in [1.29, 1.82) is 0 Å². The Bertz CT molecular complexity index is 622. The van der Waals surface area contributed by atoms with E-state index >= 15 is 0 Å². The van der Waals surface area contributed by atoms with Gasteiger partial charge in [0.25, 0.3) is 5.56 Å². The van der Waals surface area contributed by atoms with Crippen LogP contribution in [0.2, 0.25) is 0 Å². The number of imidazole rings is 1. The first-order valence-corrected chi connectivity index (χ1v) is 3.87. The summed E-state index contributed by atoms with van der Waals surface area (Å²) < 4.78 is 0.869. The van der Waals surface area contributed by atoms with Gasteiger partial charge in [0.2, 0.25) is 0 Å². The van der Waals surface area contributed by atoms with Gasteiger partial charge in [0.05, 0.1) is 0 Å². The fraction of sp³-hybridized carbons (Fsp3) is 0. The Morgan fingerprint density at radius 3 is 2.79 bits per heavy atom. The first-order chi connectivity index (χ1) is 6.59. The van der Waals surface area contributed by atoms with Crippen LogP contribution in [0.4, 0.5) is 4.79 Å². The molecule has 0 radical (unpaired) electrons. The van der Waals surface area contributed by atoms with E-state index in [0.29, 0.717) is 0 Å². The molecule has 0 aliphatic carbocycles. The fourth-order valence-corrected chi connectivity index (χ4v) is 1.20. The number of aromatic amines is 2. The summed E-state index contributed by atoms with van der Waals surface area (Å²) in [6.45, 7) is 0. The SMILES string of the molecule is O=C(Cl)n1cnc2c(=O)[nH]c(=O)[nH]c21. The molecule has 2 aromatic rings. The molecular weight excluding hydrogens is 212 g/mol. The number of fused-ring (bicyclic) bond motifs is 1. The zero-order valence-electron chi connectivity index (χ0n) is 6.57. The lowest BCUT2D eigenvalue weighted by Gasteiger charge is -1.93. The minimum absolute atomic E-state index is 0.0150. The van der Waals surface area contributed by atoms with E-state index < -0.39 is 16.6 Å². The molecule has 0 amide bonds. The van der Waals surface area contributed by atoms with Gasteiger partial charge in [-0.15, -0.1) is 0 Å². The standard InChI is InChI=1S/C6H3ClN4O3/c7-5(13)11-1-8-2-3(11)9-6(14)10-4(2)12/h1H,(H2,9,10,12,14). The molecule has 7 nitrogen and oxygen atoms in total. The van der Waals surface area contributed by atoms with Crippen LogP contribution in [0.3, 0.4) is 0 Å². The number of aromatic nitrogens is 4. The number of nitrogens with one attached hydrogen (secondary N) is 2. The second-order valence-corrected chi connectivity index (χ2v) is 2.80. The van der Waals surface area contributed by atoms with Gasteiger partial charge in [0.15, 0.2) is 11.2 Å². The van der Waals surface area contributed by atoms with Crippen molar-refractivity contribution in [3.63, 3.8) is 0 Å². The topological polar surface area (TPSA) is 101 Å². The Kier molecular flexibility index (Phi) is 1.74. The maximum Gasteiger partial charge on any atom is 0.327 e. The molecule has 0 aliphatic heterocycles. The molecule has 0 bridgehead atoms. The van der Waals surface area contributed by atoms with Gasteiger partial charge in [-0.3, -0.25) is 19.6 Å². The summed E-state index contributed by atoms with van der Waals surface area (Å²) in [5.41, 5.74) is -1.44. The Morgan fingerprint density at radius 2 is 2.14 bits per heavy atom. The summed E-state index contributed by atoms with van der Waals surface area (Å²) in [6, 6.07) is 0. The minimum Gasteiger partial charge on any atom is -0.291 e. The van der Waals surface area contributed by atoms with Gasteiger partial charge in [-0.1, -0.05) is 0 Å². The average Bonchev–Trinajstić information content (AvgIpc) is 2.47. The molecule has 0 atom stereocenters. The van der Waals surface area contributed by atoms with Gasteiger partial charge in [-0.2, -0.15) is 0 Å². The number of carbonyl (C=O) groups is 1. The van der Waals surface area contributed by atoms with Crippen LogP contribution in [0.5, 0.6) is 0 Å². The molecule has 2 aromatic heterocycles. The highest BCUT2D eigenvalue weighted by atomic mass is 35.5. The van der Waals surface area contributed by atoms with Crippen LogP contribution < -0.4 is 11.2 Å². The number of halogens is 1. The van der Waals surface area contributed by atoms with Crippen LogP contribution in [0.1, 0.15) is 0 Å². The number of nitrogens with zero attached hydrogens (tertiary/aromatic N) is 2. The van der Waals surface area contributed by atoms with Crippen molar-refractivity contribution in [2.45, 2.75) is 0 Å². The fourth-order valence-electron chi connectivity index (χ4n) is 1.07. The van der Waals surface area contributed by atoms with Gasteiger partial charge in [-0.05, 0) is 11.6 Å². The summed E-state index contributed by atoms with van der Waals surface area (Å²) in [5.74, 6) is 0. The average molecular weight is 215 g/mol. The number of H-pyrrole nitrogens is 2. The van der Waals surface area contributed by atoms with Crippen LogP contribution >= 0.6 is 11.6 Å². The summed E-state index contributed by atoms with van der Waals surface area (Å²) >= 11 is 5.18. The van der Waals surface area contributed by atoms with E-state index in [-0.39, 0.29) is 11.2 Å². The number of rotatable bonds is 0. The van der Waals surface area contributed by atoms with E-state index in [9.17, 15) is 14.4 Å². The monoisotopic (exact) mass is 214 g/mol. The third kappa shape index (κ3) is 1.14. The summed E-state index contributed by atoms with van der Waals surface area (Å²) in [5, 5.41) is -0.853. The smallest absolute Gasteiger partial charge is 0.291 e. The molecule has 0 aromatic carbocycles. The Labute approximate surface area is 80.3 Å². The molecule has 2 N–H and O–H groups in total. The first kappa shape index (κ1) is 8.70. The second kappa shape index (κ2) is 2.81. The molecule has 0 spiro atoms. The van der Waals surface area contributed by atoms with E-state index in [0.717, 1.165) is 10.9 Å². The van der Waals surface area contributed by atoms with E-state index in [1.54, 1.807) is 0 Å². The normalized spacial score (nSPS) is 10.6. The lowest BCUT2D eigenvalue weighted by molar-refractivity contribution is 0.261. The van der Waals surface area contributed by atoms with Crippen LogP contribution in [-0.4, -0.2) is 24.9 Å². The Morgan fingerprint density at radius 1 is 1.43 bits per heavy atom. The van der Waals surface area contributed by atoms with Crippen molar-refractivity contribution in [3.05, 3.63) is 27.2 Å². The maximum absolute atomic E-state index is 11.1. The minimum atomic E-state index is -0.853. The lowest BCUT2D eigenvalue weighted by Crippen LogP contribution is -2.22. The van der Waals surface area contributed by atoms with Gasteiger partial charge in [-0.25, -0.2) is 14.3 Å². The van der Waals surface area contributed by atoms with Crippen LogP contribution in [0.25, 0.3) is 11.2 Å². The first-order valence-electron chi connectivity index (χ1n) is 3.49. The number of hydrogen-bond acceptors (Lipinski definition) is 4. The van der Waals surface area contributed by atoms with E-state index in [4.69, 9.17) is 11.6 Å². The Balaban J connectivity index is 3.00. The van der Waals surface area contributed by atoms with E-state index in [1.165, 1.54) is 0 Å². The van der Waals surface area contributed by atoms with Crippen molar-refractivity contribution in [2.75, 3.05) is 0 Å². The van der Waals surface area contributed by atoms with Gasteiger partial charge < -0.3 is 0 Å². The predicted octanol–water partition coefficient (Wildman–Crippen LogP) is -0.380. The van der Waals surface area contributed by atoms with Gasteiger partial charge in [0, 0.05) is 0 Å². The molecule has 14 heavy (non-hydrogen) atoms. The summed E-state index contributed by atoms with van der Waals surface area (Å²) in [4.78, 5) is 40.6. The van der Waals surface area contributed by atoms with Crippen molar-refractivity contribution in [3.8, 4) is 0 Å². The number of hydrogen-bond donors (Lipinski definition) is 2. The van der Waals surface area contributed by atoms with Crippen LogP contribution in [0.15, 0.2) is 15.9 Å². The van der Waals surface area contributed by atoms with Crippen LogP contribution in [0, 0.1) is 0 Å². The molecule has 8 heteroatoms. The molecule has 0 saturated heterocycles. The van der Waals surface area contributed by atoms with Crippen molar-refractivity contribution in [2.24, 2.45) is 0 Å². The highest BCUT2D eigenvalue weighted by Gasteiger charge is 2.10. The van der Waals surface area contributed by atoms with Crippen molar-refractivity contribution in [1.82, 2.24) is 19.5 Å². The molecule has 2 rings (SSSR count). The molecule has 2 heterocycles. The predicted molar refractivity (Wildman–Crippen MR) is 47.6 cm³/mol. The molecular formula is C6H3ClN4O3. The third-order valence-electron chi connectivity index (χ3n) is 1.63. The summed E-state index contributed by atoms with van der Waals surface area (Å²) in [6.07, 6.45) is 1.06. The molecule has 0 aliphatic rings. The van der Waals surface area contributed by atoms with E-state index in [2.05, 4.69) is 9.97 Å². The molecule has 0 fully saturated rings. The Hall–Kier alpha value is -1.89. The molecule has 0 saturated carbocycles. The quantitative estimate of drug-likeness (QED) is 0.584. The zero-order chi connectivity index (χ0) is 10.3. The van der Waals surface area contributed by atoms with Crippen molar-refractivity contribution < 1.29 is 4.79 Å². The van der Waals surface area contributed by atoms with Crippen LogP contribution in [-0.2, 0) is 0 Å². The second-order valence-electron chi connectivity index (χ2n) is 2.47. The highest BCUT2D eigenvalue weighted by molar-refractivity contribution is 6.63. The lowest BCUT2D eigenvalue weighted by atomic mass is 10.5. The zero-order valence-corrected chi connectivity index (χ0v) is 7.33. The molecule has 72 valence electrons. The summed E-state index contributed by atoms with van der Waals surface area (Å²) in [7, 11) is 0.